The van der Waals surface area contributed by atoms with Crippen LogP contribution in [0.2, 0.25) is 0 Å². The van der Waals surface area contributed by atoms with Gasteiger partial charge in [-0.15, -0.1) is 0 Å². The summed E-state index contributed by atoms with van der Waals surface area (Å²) in [5, 5.41) is 0. The fraction of sp³-hybridized carbons (Fsp3) is 0.778. The van der Waals surface area contributed by atoms with Gasteiger partial charge in [-0.3, -0.25) is 5.84 Å². The second kappa shape index (κ2) is 10.6. The van der Waals surface area contributed by atoms with Gasteiger partial charge in [0.05, 0.1) is 0 Å². The molecule has 0 fully saturated rings. The molecule has 72 valence electrons. The van der Waals surface area contributed by atoms with Crippen molar-refractivity contribution in [2.24, 2.45) is 5.84 Å². The van der Waals surface area contributed by atoms with Crippen molar-refractivity contribution >= 4 is 0 Å². The summed E-state index contributed by atoms with van der Waals surface area (Å²) in [5.41, 5.74) is 5.22. The Hall–Kier alpha value is -0.380. The van der Waals surface area contributed by atoms with Gasteiger partial charge >= 0.3 is 0 Å². The SMILES string of the molecule is CCCCCC=CCCNNN. The number of unbranched alkanes of at least 4 members (excludes halogenated alkanes) is 3. The Kier molecular flexibility index (Phi) is 10.3. The van der Waals surface area contributed by atoms with Crippen LogP contribution in [0.1, 0.15) is 39.0 Å². The molecule has 0 aromatic rings. The van der Waals surface area contributed by atoms with E-state index in [2.05, 4.69) is 30.0 Å². The highest BCUT2D eigenvalue weighted by Gasteiger charge is 1.82. The molecular formula is C9H21N3. The van der Waals surface area contributed by atoms with Gasteiger partial charge < -0.3 is 0 Å². The summed E-state index contributed by atoms with van der Waals surface area (Å²) in [7, 11) is 0. The zero-order valence-corrected chi connectivity index (χ0v) is 7.97. The summed E-state index contributed by atoms with van der Waals surface area (Å²) < 4.78 is 0. The minimum Gasteiger partial charge on any atom is -0.258 e. The highest BCUT2D eigenvalue weighted by Crippen LogP contribution is 1.99. The Morgan fingerprint density at radius 1 is 1.17 bits per heavy atom. The van der Waals surface area contributed by atoms with Gasteiger partial charge in [-0.25, -0.2) is 5.43 Å². The topological polar surface area (TPSA) is 50.1 Å². The third kappa shape index (κ3) is 9.62. The van der Waals surface area contributed by atoms with Crippen LogP contribution in [0.25, 0.3) is 0 Å². The van der Waals surface area contributed by atoms with Crippen molar-refractivity contribution in [1.29, 1.82) is 0 Å². The predicted molar refractivity (Wildman–Crippen MR) is 53.2 cm³/mol. The van der Waals surface area contributed by atoms with Gasteiger partial charge in [-0.1, -0.05) is 31.9 Å². The summed E-state index contributed by atoms with van der Waals surface area (Å²) in [4.78, 5) is 0. The lowest BCUT2D eigenvalue weighted by atomic mass is 10.2. The maximum atomic E-state index is 5.02. The second-order valence-electron chi connectivity index (χ2n) is 2.83. The molecule has 0 unspecified atom stereocenters. The van der Waals surface area contributed by atoms with Crippen molar-refractivity contribution < 1.29 is 0 Å². The first kappa shape index (κ1) is 11.6. The van der Waals surface area contributed by atoms with Crippen LogP contribution in [0.15, 0.2) is 12.2 Å². The van der Waals surface area contributed by atoms with Crippen LogP contribution < -0.4 is 16.8 Å². The molecular weight excluding hydrogens is 150 g/mol. The van der Waals surface area contributed by atoms with Crippen LogP contribution in [-0.2, 0) is 0 Å². The minimum absolute atomic E-state index is 0.890. The van der Waals surface area contributed by atoms with Crippen molar-refractivity contribution in [3.05, 3.63) is 12.2 Å². The highest BCUT2D eigenvalue weighted by atomic mass is 15.5. The minimum atomic E-state index is 0.890. The van der Waals surface area contributed by atoms with Crippen molar-refractivity contribution in [3.8, 4) is 0 Å². The van der Waals surface area contributed by atoms with Gasteiger partial charge in [0.1, 0.15) is 0 Å². The van der Waals surface area contributed by atoms with E-state index in [-0.39, 0.29) is 0 Å². The van der Waals surface area contributed by atoms with Crippen molar-refractivity contribution in [3.63, 3.8) is 0 Å². The molecule has 0 aliphatic carbocycles. The maximum Gasteiger partial charge on any atom is 0.0147 e. The molecule has 0 aliphatic heterocycles. The van der Waals surface area contributed by atoms with Crippen LogP contribution in [0.4, 0.5) is 0 Å². The van der Waals surface area contributed by atoms with Gasteiger partial charge in [-0.2, -0.15) is 5.53 Å². The Balaban J connectivity index is 2.93. The molecule has 3 heteroatoms. The first-order valence-electron chi connectivity index (χ1n) is 4.75. The number of hydrazine groups is 2. The molecule has 0 atom stereocenters. The molecule has 0 heterocycles. The fourth-order valence-corrected chi connectivity index (χ4v) is 0.976. The smallest absolute Gasteiger partial charge is 0.0147 e. The Bertz CT molecular complexity index is 89.9. The molecule has 0 aromatic carbocycles. The van der Waals surface area contributed by atoms with E-state index in [4.69, 9.17) is 5.84 Å². The number of hydrogen-bond acceptors (Lipinski definition) is 3. The summed E-state index contributed by atoms with van der Waals surface area (Å²) in [5.74, 6) is 5.02. The molecule has 0 saturated heterocycles. The third-order valence-corrected chi connectivity index (χ3v) is 1.68. The molecule has 4 N–H and O–H groups in total. The highest BCUT2D eigenvalue weighted by molar-refractivity contribution is 4.81. The van der Waals surface area contributed by atoms with E-state index in [1.165, 1.54) is 25.7 Å². The standard InChI is InChI=1S/C9H21N3/c1-2-3-4-5-6-7-8-9-11-12-10/h6-7,11-12H,2-5,8-10H2,1H3. The second-order valence-corrected chi connectivity index (χ2v) is 2.83. The Morgan fingerprint density at radius 2 is 1.92 bits per heavy atom. The quantitative estimate of drug-likeness (QED) is 0.224. The number of hydrogen-bond donors (Lipinski definition) is 3. The average Bonchev–Trinajstić information content (AvgIpc) is 2.10. The van der Waals surface area contributed by atoms with E-state index < -0.39 is 0 Å². The van der Waals surface area contributed by atoms with Gasteiger partial charge in [0.2, 0.25) is 0 Å². The monoisotopic (exact) mass is 171 g/mol. The van der Waals surface area contributed by atoms with Crippen molar-refractivity contribution in [2.75, 3.05) is 6.54 Å². The zero-order chi connectivity index (χ0) is 9.07. The molecule has 0 saturated carbocycles. The maximum absolute atomic E-state index is 5.02. The van der Waals surface area contributed by atoms with Crippen LogP contribution in [0, 0.1) is 0 Å². The summed E-state index contributed by atoms with van der Waals surface area (Å²) in [6, 6.07) is 0. The van der Waals surface area contributed by atoms with Crippen LogP contribution in [0.5, 0.6) is 0 Å². The van der Waals surface area contributed by atoms with Crippen LogP contribution >= 0.6 is 0 Å². The summed E-state index contributed by atoms with van der Waals surface area (Å²) >= 11 is 0. The van der Waals surface area contributed by atoms with E-state index in [0.717, 1.165) is 13.0 Å². The lowest BCUT2D eigenvalue weighted by Crippen LogP contribution is -2.38. The molecule has 0 rings (SSSR count). The first-order valence-corrected chi connectivity index (χ1v) is 4.75. The molecule has 0 amide bonds. The number of rotatable bonds is 8. The van der Waals surface area contributed by atoms with Gasteiger partial charge in [0, 0.05) is 6.54 Å². The number of nitrogens with one attached hydrogen (secondary N) is 2. The Labute approximate surface area is 75.3 Å². The molecule has 0 aliphatic rings. The van der Waals surface area contributed by atoms with E-state index in [0.29, 0.717) is 0 Å². The molecule has 0 radical (unpaired) electrons. The third-order valence-electron chi connectivity index (χ3n) is 1.68. The average molecular weight is 171 g/mol. The zero-order valence-electron chi connectivity index (χ0n) is 7.97. The van der Waals surface area contributed by atoms with Crippen LogP contribution in [-0.4, -0.2) is 6.54 Å². The van der Waals surface area contributed by atoms with Crippen molar-refractivity contribution in [2.45, 2.75) is 39.0 Å². The number of nitrogens with two attached hydrogens (primary N) is 1. The molecule has 3 nitrogen and oxygen atoms in total. The lowest BCUT2D eigenvalue weighted by molar-refractivity contribution is 0.559. The normalized spacial score (nSPS) is 11.2. The van der Waals surface area contributed by atoms with Gasteiger partial charge in [0.15, 0.2) is 0 Å². The van der Waals surface area contributed by atoms with Crippen LogP contribution in [0.3, 0.4) is 0 Å². The summed E-state index contributed by atoms with van der Waals surface area (Å²) in [6.07, 6.45) is 10.6. The summed E-state index contributed by atoms with van der Waals surface area (Å²) in [6.45, 7) is 3.11. The van der Waals surface area contributed by atoms with E-state index in [9.17, 15) is 0 Å². The van der Waals surface area contributed by atoms with Gasteiger partial charge in [-0.05, 0) is 19.3 Å². The number of allylic oxidation sites excluding steroid dienone is 1. The molecule has 12 heavy (non-hydrogen) atoms. The van der Waals surface area contributed by atoms with E-state index in [1.54, 1.807) is 0 Å². The molecule has 0 spiro atoms. The van der Waals surface area contributed by atoms with E-state index >= 15 is 0 Å². The van der Waals surface area contributed by atoms with Crippen molar-refractivity contribution in [1.82, 2.24) is 11.0 Å². The predicted octanol–water partition coefficient (Wildman–Crippen LogP) is 1.48. The Morgan fingerprint density at radius 3 is 2.58 bits per heavy atom. The fourth-order valence-electron chi connectivity index (χ4n) is 0.976. The molecule has 0 bridgehead atoms. The molecule has 0 aromatic heterocycles. The van der Waals surface area contributed by atoms with Gasteiger partial charge in [0.25, 0.3) is 0 Å². The van der Waals surface area contributed by atoms with E-state index in [1.807, 2.05) is 0 Å². The first-order chi connectivity index (χ1) is 5.91. The lowest BCUT2D eigenvalue weighted by Gasteiger charge is -1.97. The largest absolute Gasteiger partial charge is 0.258 e.